The molecule has 1 unspecified atom stereocenters. The third-order valence-electron chi connectivity index (χ3n) is 5.34. The van der Waals surface area contributed by atoms with Crippen LogP contribution in [0.25, 0.3) is 17.0 Å². The second-order valence-corrected chi connectivity index (χ2v) is 7.84. The van der Waals surface area contributed by atoms with E-state index < -0.39 is 6.10 Å². The van der Waals surface area contributed by atoms with Crippen molar-refractivity contribution in [1.29, 1.82) is 0 Å². The Bertz CT molecular complexity index is 1360. The van der Waals surface area contributed by atoms with Crippen molar-refractivity contribution in [2.24, 2.45) is 0 Å². The summed E-state index contributed by atoms with van der Waals surface area (Å²) >= 11 is 0. The van der Waals surface area contributed by atoms with Gasteiger partial charge in [0.05, 0.1) is 32.9 Å². The van der Waals surface area contributed by atoms with Crippen molar-refractivity contribution in [2.75, 3.05) is 34.0 Å². The molecule has 4 aromatic rings. The van der Waals surface area contributed by atoms with Crippen LogP contribution in [-0.4, -0.2) is 65.8 Å². The zero-order valence-electron chi connectivity index (χ0n) is 21.1. The number of nitrogens with one attached hydrogen (secondary N) is 1. The molecule has 1 atom stereocenters. The van der Waals surface area contributed by atoms with Crippen molar-refractivity contribution in [3.63, 3.8) is 0 Å². The highest BCUT2D eigenvalue weighted by Gasteiger charge is 2.17. The standard InChI is InChI=1S/C26H29N5O6/c1-5-35-19-7-6-8-20(15-19)37-17(2)26(32)27-13-14-36-24-12-11-23-28-29-25(31(23)30-24)21-10-9-18(33-3)16-22(21)34-4/h6-12,15-17H,5,13-14H2,1-4H3,(H,27,32). The van der Waals surface area contributed by atoms with Crippen molar-refractivity contribution in [2.45, 2.75) is 20.0 Å². The van der Waals surface area contributed by atoms with Gasteiger partial charge in [-0.25, -0.2) is 0 Å². The maximum atomic E-state index is 12.4. The first-order chi connectivity index (χ1) is 18.0. The quantitative estimate of drug-likeness (QED) is 0.288. The summed E-state index contributed by atoms with van der Waals surface area (Å²) in [6.07, 6.45) is -0.689. The fourth-order valence-electron chi connectivity index (χ4n) is 3.54. The molecule has 4 rings (SSSR count). The number of methoxy groups -OCH3 is 2. The molecule has 0 aliphatic carbocycles. The molecular formula is C26H29N5O6. The number of hydrogen-bond donors (Lipinski definition) is 1. The predicted molar refractivity (Wildman–Crippen MR) is 136 cm³/mol. The van der Waals surface area contributed by atoms with E-state index in [1.54, 1.807) is 56.0 Å². The van der Waals surface area contributed by atoms with Gasteiger partial charge in [0.2, 0.25) is 5.88 Å². The van der Waals surface area contributed by atoms with E-state index in [2.05, 4.69) is 20.6 Å². The first-order valence-electron chi connectivity index (χ1n) is 11.8. The molecule has 1 N–H and O–H groups in total. The van der Waals surface area contributed by atoms with Crippen molar-refractivity contribution >= 4 is 11.6 Å². The Balaban J connectivity index is 1.34. The average Bonchev–Trinajstić information content (AvgIpc) is 3.34. The van der Waals surface area contributed by atoms with Crippen LogP contribution in [0, 0.1) is 0 Å². The molecule has 0 aliphatic rings. The minimum atomic E-state index is -0.689. The Labute approximate surface area is 214 Å². The number of fused-ring (bicyclic) bond motifs is 1. The van der Waals surface area contributed by atoms with Crippen LogP contribution in [0.2, 0.25) is 0 Å². The Morgan fingerprint density at radius 3 is 2.59 bits per heavy atom. The van der Waals surface area contributed by atoms with E-state index in [1.165, 1.54) is 0 Å². The van der Waals surface area contributed by atoms with Crippen LogP contribution < -0.4 is 29.0 Å². The lowest BCUT2D eigenvalue weighted by molar-refractivity contribution is -0.127. The van der Waals surface area contributed by atoms with E-state index in [4.69, 9.17) is 23.7 Å². The van der Waals surface area contributed by atoms with Gasteiger partial charge >= 0.3 is 0 Å². The molecule has 0 aliphatic heterocycles. The monoisotopic (exact) mass is 507 g/mol. The molecule has 0 saturated carbocycles. The summed E-state index contributed by atoms with van der Waals surface area (Å²) in [6, 6.07) is 16.0. The lowest BCUT2D eigenvalue weighted by Gasteiger charge is -2.15. The number of amides is 1. The van der Waals surface area contributed by atoms with E-state index in [0.717, 1.165) is 0 Å². The minimum absolute atomic E-state index is 0.208. The van der Waals surface area contributed by atoms with E-state index in [1.807, 2.05) is 31.2 Å². The number of ether oxygens (including phenoxy) is 5. The SMILES string of the molecule is CCOc1cccc(OC(C)C(=O)NCCOc2ccc3nnc(-c4ccc(OC)cc4OC)n3n2)c1. The molecule has 2 heterocycles. The molecule has 2 aromatic carbocycles. The average molecular weight is 508 g/mol. The smallest absolute Gasteiger partial charge is 0.260 e. The van der Waals surface area contributed by atoms with Gasteiger partial charge in [-0.05, 0) is 44.2 Å². The van der Waals surface area contributed by atoms with Crippen LogP contribution in [0.1, 0.15) is 13.8 Å². The Hall–Kier alpha value is -4.54. The Morgan fingerprint density at radius 2 is 1.81 bits per heavy atom. The molecule has 0 radical (unpaired) electrons. The first-order valence-corrected chi connectivity index (χ1v) is 11.8. The van der Waals surface area contributed by atoms with Crippen molar-refractivity contribution in [3.8, 4) is 40.3 Å². The Kier molecular flexibility index (Phi) is 8.24. The van der Waals surface area contributed by atoms with Gasteiger partial charge in [-0.3, -0.25) is 4.79 Å². The first kappa shape index (κ1) is 25.5. The van der Waals surface area contributed by atoms with Gasteiger partial charge in [0.1, 0.15) is 29.6 Å². The van der Waals surface area contributed by atoms with Crippen molar-refractivity contribution in [3.05, 3.63) is 54.6 Å². The molecule has 0 bridgehead atoms. The number of aromatic nitrogens is 4. The number of benzene rings is 2. The fourth-order valence-corrected chi connectivity index (χ4v) is 3.54. The molecule has 194 valence electrons. The van der Waals surface area contributed by atoms with Gasteiger partial charge in [-0.2, -0.15) is 4.52 Å². The highest BCUT2D eigenvalue weighted by atomic mass is 16.5. The van der Waals surface area contributed by atoms with Gasteiger partial charge in [0, 0.05) is 18.2 Å². The van der Waals surface area contributed by atoms with Gasteiger partial charge in [-0.15, -0.1) is 15.3 Å². The highest BCUT2D eigenvalue weighted by molar-refractivity contribution is 5.80. The second kappa shape index (κ2) is 11.9. The van der Waals surface area contributed by atoms with Crippen LogP contribution in [-0.2, 0) is 4.79 Å². The van der Waals surface area contributed by atoms with E-state index in [-0.39, 0.29) is 19.1 Å². The van der Waals surface area contributed by atoms with E-state index in [9.17, 15) is 4.79 Å². The molecule has 11 nitrogen and oxygen atoms in total. The van der Waals surface area contributed by atoms with Gasteiger partial charge in [0.15, 0.2) is 17.6 Å². The van der Waals surface area contributed by atoms with Gasteiger partial charge in [0.25, 0.3) is 5.91 Å². The van der Waals surface area contributed by atoms with Crippen molar-refractivity contribution < 1.29 is 28.5 Å². The number of hydrogen-bond acceptors (Lipinski definition) is 9. The van der Waals surface area contributed by atoms with Crippen LogP contribution in [0.15, 0.2) is 54.6 Å². The molecule has 0 fully saturated rings. The molecule has 37 heavy (non-hydrogen) atoms. The maximum absolute atomic E-state index is 12.4. The molecule has 0 spiro atoms. The topological polar surface area (TPSA) is 118 Å². The molecular weight excluding hydrogens is 478 g/mol. The molecule has 11 heteroatoms. The summed E-state index contributed by atoms with van der Waals surface area (Å²) < 4.78 is 29.3. The van der Waals surface area contributed by atoms with Gasteiger partial charge < -0.3 is 29.0 Å². The normalized spacial score (nSPS) is 11.6. The van der Waals surface area contributed by atoms with Crippen LogP contribution in [0.3, 0.4) is 0 Å². The minimum Gasteiger partial charge on any atom is -0.497 e. The highest BCUT2D eigenvalue weighted by Crippen LogP contribution is 2.32. The number of carbonyl (C=O) groups is 1. The summed E-state index contributed by atoms with van der Waals surface area (Å²) in [5.74, 6) is 3.06. The number of rotatable bonds is 12. The lowest BCUT2D eigenvalue weighted by atomic mass is 10.2. The van der Waals surface area contributed by atoms with E-state index in [0.29, 0.717) is 52.5 Å². The van der Waals surface area contributed by atoms with Crippen molar-refractivity contribution in [1.82, 2.24) is 25.1 Å². The van der Waals surface area contributed by atoms with Crippen LogP contribution >= 0.6 is 0 Å². The third kappa shape index (κ3) is 6.18. The zero-order valence-corrected chi connectivity index (χ0v) is 21.1. The van der Waals surface area contributed by atoms with Gasteiger partial charge in [-0.1, -0.05) is 6.07 Å². The third-order valence-corrected chi connectivity index (χ3v) is 5.34. The zero-order chi connectivity index (χ0) is 26.2. The molecule has 2 aromatic heterocycles. The number of nitrogens with zero attached hydrogens (tertiary/aromatic N) is 4. The van der Waals surface area contributed by atoms with E-state index >= 15 is 0 Å². The summed E-state index contributed by atoms with van der Waals surface area (Å²) in [5, 5.41) is 15.7. The summed E-state index contributed by atoms with van der Waals surface area (Å²) in [7, 11) is 3.16. The maximum Gasteiger partial charge on any atom is 0.260 e. The second-order valence-electron chi connectivity index (χ2n) is 7.84. The Morgan fingerprint density at radius 1 is 0.973 bits per heavy atom. The summed E-state index contributed by atoms with van der Waals surface area (Å²) in [6.45, 7) is 4.62. The lowest BCUT2D eigenvalue weighted by Crippen LogP contribution is -2.38. The summed E-state index contributed by atoms with van der Waals surface area (Å²) in [4.78, 5) is 12.4. The predicted octanol–water partition coefficient (Wildman–Crippen LogP) is 3.17. The molecule has 1 amide bonds. The fraction of sp³-hybridized carbons (Fsp3) is 0.308. The number of carbonyl (C=O) groups excluding carboxylic acids is 1. The van der Waals surface area contributed by atoms with Crippen LogP contribution in [0.5, 0.6) is 28.9 Å². The molecule has 0 saturated heterocycles. The summed E-state index contributed by atoms with van der Waals surface area (Å²) in [5.41, 5.74) is 1.25. The largest absolute Gasteiger partial charge is 0.497 e. The van der Waals surface area contributed by atoms with Crippen LogP contribution in [0.4, 0.5) is 0 Å².